The average molecular weight is 223 g/mol. The van der Waals surface area contributed by atoms with Gasteiger partial charge >= 0.3 is 6.16 Å². The van der Waals surface area contributed by atoms with Crippen molar-refractivity contribution in [1.82, 2.24) is 4.98 Å². The lowest BCUT2D eigenvalue weighted by Crippen LogP contribution is -2.09. The number of pyridine rings is 1. The van der Waals surface area contributed by atoms with E-state index in [2.05, 4.69) is 9.72 Å². The molecule has 5 heteroatoms. The zero-order chi connectivity index (χ0) is 12.0. The van der Waals surface area contributed by atoms with E-state index in [1.807, 2.05) is 0 Å². The summed E-state index contributed by atoms with van der Waals surface area (Å²) < 4.78 is 9.30. The van der Waals surface area contributed by atoms with Crippen molar-refractivity contribution in [2.45, 2.75) is 19.8 Å². The fourth-order valence-corrected chi connectivity index (χ4v) is 1.14. The summed E-state index contributed by atoms with van der Waals surface area (Å²) in [5.41, 5.74) is 0.711. The lowest BCUT2D eigenvalue weighted by Gasteiger charge is -2.07. The van der Waals surface area contributed by atoms with Crippen LogP contribution in [0.5, 0.6) is 5.75 Å². The maximum Gasteiger partial charge on any atom is 0.513 e. The molecule has 0 radical (unpaired) electrons. The molecule has 1 rings (SSSR count). The van der Waals surface area contributed by atoms with Gasteiger partial charge in [0.25, 0.3) is 0 Å². The largest absolute Gasteiger partial charge is 0.513 e. The molecule has 0 amide bonds. The summed E-state index contributed by atoms with van der Waals surface area (Å²) in [7, 11) is 1.23. The Labute approximate surface area is 93.4 Å². The number of hydrogen-bond donors (Lipinski definition) is 0. The summed E-state index contributed by atoms with van der Waals surface area (Å²) in [6, 6.07) is 1.56. The number of rotatable bonds is 4. The fourth-order valence-electron chi connectivity index (χ4n) is 1.14. The number of carbonyl (C=O) groups excluding carboxylic acids is 2. The molecule has 0 fully saturated rings. The van der Waals surface area contributed by atoms with Crippen LogP contribution in [0.1, 0.15) is 18.9 Å². The molecule has 0 aliphatic heterocycles. The monoisotopic (exact) mass is 223 g/mol. The van der Waals surface area contributed by atoms with E-state index in [1.54, 1.807) is 12.3 Å². The normalized spacial score (nSPS) is 9.62. The molecule has 0 bridgehead atoms. The quantitative estimate of drug-likeness (QED) is 0.727. The highest BCUT2D eigenvalue weighted by atomic mass is 16.7. The summed E-state index contributed by atoms with van der Waals surface area (Å²) in [6.45, 7) is 1.51. The van der Waals surface area contributed by atoms with E-state index < -0.39 is 6.16 Å². The number of methoxy groups -OCH3 is 1. The number of nitrogens with zero attached hydrogens (tertiary/aromatic N) is 1. The number of ether oxygens (including phenoxy) is 2. The first-order valence-corrected chi connectivity index (χ1v) is 4.81. The highest BCUT2D eigenvalue weighted by Gasteiger charge is 2.09. The third kappa shape index (κ3) is 3.68. The van der Waals surface area contributed by atoms with Crippen LogP contribution in [0.2, 0.25) is 0 Å². The zero-order valence-corrected chi connectivity index (χ0v) is 9.23. The second kappa shape index (κ2) is 5.85. The first-order valence-electron chi connectivity index (χ1n) is 4.81. The lowest BCUT2D eigenvalue weighted by molar-refractivity contribution is -0.116. The number of hydrogen-bond acceptors (Lipinski definition) is 5. The van der Waals surface area contributed by atoms with Crippen LogP contribution in [-0.4, -0.2) is 24.0 Å². The molecule has 1 aromatic rings. The van der Waals surface area contributed by atoms with Gasteiger partial charge in [0.15, 0.2) is 0 Å². The molecule has 5 nitrogen and oxygen atoms in total. The Morgan fingerprint density at radius 1 is 1.44 bits per heavy atom. The van der Waals surface area contributed by atoms with E-state index in [0.717, 1.165) is 0 Å². The van der Waals surface area contributed by atoms with Crippen LogP contribution in [-0.2, 0) is 16.0 Å². The molecule has 16 heavy (non-hydrogen) atoms. The number of aromatic nitrogens is 1. The Morgan fingerprint density at radius 2 is 2.19 bits per heavy atom. The average Bonchev–Trinajstić information content (AvgIpc) is 2.27. The Kier molecular flexibility index (Phi) is 4.44. The van der Waals surface area contributed by atoms with Crippen LogP contribution < -0.4 is 4.74 Å². The van der Waals surface area contributed by atoms with Gasteiger partial charge in [-0.2, -0.15) is 0 Å². The zero-order valence-electron chi connectivity index (χ0n) is 9.23. The standard InChI is InChI=1S/C11H13NO4/c1-8(13)3-4-9-7-12-6-5-10(9)16-11(14)15-2/h5-7H,3-4H2,1-2H3. The molecule has 1 heterocycles. The summed E-state index contributed by atoms with van der Waals surface area (Å²) in [5, 5.41) is 0. The van der Waals surface area contributed by atoms with E-state index in [4.69, 9.17) is 4.74 Å². The van der Waals surface area contributed by atoms with Gasteiger partial charge in [-0.05, 0) is 19.4 Å². The third-order valence-electron chi connectivity index (χ3n) is 1.97. The van der Waals surface area contributed by atoms with Gasteiger partial charge in [0.2, 0.25) is 0 Å². The summed E-state index contributed by atoms with van der Waals surface area (Å²) in [6.07, 6.45) is 3.19. The Bertz CT molecular complexity index is 389. The van der Waals surface area contributed by atoms with Crippen LogP contribution in [0, 0.1) is 0 Å². The molecular formula is C11H13NO4. The maximum atomic E-state index is 10.9. The van der Waals surface area contributed by atoms with E-state index in [-0.39, 0.29) is 5.78 Å². The Morgan fingerprint density at radius 3 is 2.81 bits per heavy atom. The number of Topliss-reactive ketones (excluding diaryl/α,β-unsaturated/α-hetero) is 1. The third-order valence-corrected chi connectivity index (χ3v) is 1.97. The van der Waals surface area contributed by atoms with Crippen molar-refractivity contribution in [2.24, 2.45) is 0 Å². The van der Waals surface area contributed by atoms with Gasteiger partial charge in [-0.3, -0.25) is 4.98 Å². The van der Waals surface area contributed by atoms with Crippen molar-refractivity contribution in [2.75, 3.05) is 7.11 Å². The molecule has 0 N–H and O–H groups in total. The van der Waals surface area contributed by atoms with Crippen molar-refractivity contribution in [3.05, 3.63) is 24.0 Å². The maximum absolute atomic E-state index is 10.9. The van der Waals surface area contributed by atoms with Crippen LogP contribution in [0.3, 0.4) is 0 Å². The molecule has 1 aromatic heterocycles. The second-order valence-corrected chi connectivity index (χ2v) is 3.24. The van der Waals surface area contributed by atoms with E-state index >= 15 is 0 Å². The molecule has 0 aliphatic rings. The molecule has 0 atom stereocenters. The van der Waals surface area contributed by atoms with Crippen LogP contribution in [0.4, 0.5) is 4.79 Å². The van der Waals surface area contributed by atoms with Gasteiger partial charge in [0, 0.05) is 24.4 Å². The van der Waals surface area contributed by atoms with Crippen molar-refractivity contribution < 1.29 is 19.1 Å². The van der Waals surface area contributed by atoms with Gasteiger partial charge in [-0.15, -0.1) is 0 Å². The van der Waals surface area contributed by atoms with Crippen LogP contribution in [0.25, 0.3) is 0 Å². The van der Waals surface area contributed by atoms with Gasteiger partial charge in [0.1, 0.15) is 11.5 Å². The van der Waals surface area contributed by atoms with Gasteiger partial charge < -0.3 is 14.3 Å². The lowest BCUT2D eigenvalue weighted by atomic mass is 10.1. The topological polar surface area (TPSA) is 65.5 Å². The van der Waals surface area contributed by atoms with Crippen LogP contribution >= 0.6 is 0 Å². The van der Waals surface area contributed by atoms with E-state index in [9.17, 15) is 9.59 Å². The minimum absolute atomic E-state index is 0.0767. The molecule has 86 valence electrons. The van der Waals surface area contributed by atoms with E-state index in [0.29, 0.717) is 24.2 Å². The van der Waals surface area contributed by atoms with Gasteiger partial charge in [-0.25, -0.2) is 4.79 Å². The van der Waals surface area contributed by atoms with Crippen molar-refractivity contribution in [3.63, 3.8) is 0 Å². The minimum atomic E-state index is -0.782. The minimum Gasteiger partial charge on any atom is -0.437 e. The molecule has 0 saturated carbocycles. The van der Waals surface area contributed by atoms with Crippen molar-refractivity contribution >= 4 is 11.9 Å². The predicted octanol–water partition coefficient (Wildman–Crippen LogP) is 1.75. The molecule has 0 aromatic carbocycles. The first kappa shape index (κ1) is 12.2. The molecule has 0 saturated heterocycles. The highest BCUT2D eigenvalue weighted by Crippen LogP contribution is 2.18. The smallest absolute Gasteiger partial charge is 0.437 e. The molecular weight excluding hydrogens is 210 g/mol. The Hall–Kier alpha value is -1.91. The van der Waals surface area contributed by atoms with E-state index in [1.165, 1.54) is 20.2 Å². The summed E-state index contributed by atoms with van der Waals surface area (Å²) in [5.74, 6) is 0.455. The SMILES string of the molecule is COC(=O)Oc1ccncc1CCC(C)=O. The van der Waals surface area contributed by atoms with Gasteiger partial charge in [-0.1, -0.05) is 0 Å². The van der Waals surface area contributed by atoms with Crippen molar-refractivity contribution in [1.29, 1.82) is 0 Å². The fraction of sp³-hybridized carbons (Fsp3) is 0.364. The number of carbonyl (C=O) groups is 2. The molecule has 0 spiro atoms. The summed E-state index contributed by atoms with van der Waals surface area (Å²) in [4.78, 5) is 25.7. The molecule has 0 aliphatic carbocycles. The van der Waals surface area contributed by atoms with Crippen LogP contribution in [0.15, 0.2) is 18.5 Å². The van der Waals surface area contributed by atoms with Gasteiger partial charge in [0.05, 0.1) is 7.11 Å². The highest BCUT2D eigenvalue weighted by molar-refractivity contribution is 5.75. The number of aryl methyl sites for hydroxylation is 1. The Balaban J connectivity index is 2.74. The summed E-state index contributed by atoms with van der Waals surface area (Å²) >= 11 is 0. The van der Waals surface area contributed by atoms with Crippen molar-refractivity contribution in [3.8, 4) is 5.75 Å². The second-order valence-electron chi connectivity index (χ2n) is 3.24. The first-order chi connectivity index (χ1) is 7.63. The number of ketones is 1. The predicted molar refractivity (Wildman–Crippen MR) is 56.3 cm³/mol. The molecule has 0 unspecified atom stereocenters.